The van der Waals surface area contributed by atoms with E-state index in [1.807, 2.05) is 36.4 Å². The van der Waals surface area contributed by atoms with Crippen molar-refractivity contribution in [1.82, 2.24) is 4.90 Å². The van der Waals surface area contributed by atoms with Gasteiger partial charge in [0.05, 0.1) is 0 Å². The van der Waals surface area contributed by atoms with Gasteiger partial charge in [0.1, 0.15) is 6.61 Å². The van der Waals surface area contributed by atoms with Gasteiger partial charge in [-0.1, -0.05) is 43.8 Å². The highest BCUT2D eigenvalue weighted by Crippen LogP contribution is 2.08. The monoisotopic (exact) mass is 219 g/mol. The minimum atomic E-state index is -0.271. The van der Waals surface area contributed by atoms with E-state index >= 15 is 0 Å². The zero-order valence-electron chi connectivity index (χ0n) is 8.43. The first-order valence-corrected chi connectivity index (χ1v) is 5.00. The molecule has 0 N–H and O–H groups in total. The molecule has 16 heavy (non-hydrogen) atoms. The standard InChI is InChI=1S/C12H13NO2.CH4/c14-12(13-8-4-5-9-13)15-10-11-6-2-1-3-7-11;/h1-4,6-8H,5,9-10H2;1H4. The second kappa shape index (κ2) is 5.95. The summed E-state index contributed by atoms with van der Waals surface area (Å²) in [7, 11) is 0. The number of nitrogens with zero attached hydrogens (tertiary/aromatic N) is 1. The Bertz CT molecular complexity index is 359. The molecule has 0 aliphatic carbocycles. The summed E-state index contributed by atoms with van der Waals surface area (Å²) in [6.45, 7) is 1.07. The van der Waals surface area contributed by atoms with E-state index < -0.39 is 0 Å². The maximum Gasteiger partial charge on any atom is 0.414 e. The molecule has 1 aromatic carbocycles. The highest BCUT2D eigenvalue weighted by molar-refractivity contribution is 5.69. The summed E-state index contributed by atoms with van der Waals surface area (Å²) in [6, 6.07) is 9.67. The smallest absolute Gasteiger partial charge is 0.414 e. The number of rotatable bonds is 2. The van der Waals surface area contributed by atoms with E-state index in [9.17, 15) is 4.79 Å². The van der Waals surface area contributed by atoms with Crippen LogP contribution in [0.3, 0.4) is 0 Å². The molecule has 0 saturated carbocycles. The van der Waals surface area contributed by atoms with Gasteiger partial charge in [-0.15, -0.1) is 0 Å². The molecule has 0 spiro atoms. The van der Waals surface area contributed by atoms with Crippen molar-refractivity contribution in [1.29, 1.82) is 0 Å². The first-order chi connectivity index (χ1) is 7.36. The van der Waals surface area contributed by atoms with E-state index in [0.717, 1.165) is 18.5 Å². The normalized spacial score (nSPS) is 13.4. The minimum absolute atomic E-state index is 0. The van der Waals surface area contributed by atoms with Crippen LogP contribution in [0.4, 0.5) is 4.79 Å². The lowest BCUT2D eigenvalue weighted by molar-refractivity contribution is 0.113. The molecular formula is C13H17NO2. The van der Waals surface area contributed by atoms with Gasteiger partial charge in [0.25, 0.3) is 0 Å². The van der Waals surface area contributed by atoms with Crippen LogP contribution in [0, 0.1) is 0 Å². The lowest BCUT2D eigenvalue weighted by atomic mass is 10.2. The summed E-state index contributed by atoms with van der Waals surface area (Å²) < 4.78 is 5.15. The molecule has 1 aliphatic rings. The summed E-state index contributed by atoms with van der Waals surface area (Å²) in [5.41, 5.74) is 1.01. The van der Waals surface area contributed by atoms with Gasteiger partial charge in [-0.3, -0.25) is 4.90 Å². The predicted molar refractivity (Wildman–Crippen MR) is 63.8 cm³/mol. The second-order valence-corrected chi connectivity index (χ2v) is 3.41. The lowest BCUT2D eigenvalue weighted by Crippen LogP contribution is -2.24. The van der Waals surface area contributed by atoms with E-state index in [1.165, 1.54) is 0 Å². The highest BCUT2D eigenvalue weighted by Gasteiger charge is 2.14. The lowest BCUT2D eigenvalue weighted by Gasteiger charge is -2.13. The third-order valence-corrected chi connectivity index (χ3v) is 2.26. The summed E-state index contributed by atoms with van der Waals surface area (Å²) in [6.07, 6.45) is 4.38. The fourth-order valence-corrected chi connectivity index (χ4v) is 1.44. The number of ether oxygens (including phenoxy) is 1. The van der Waals surface area contributed by atoms with E-state index in [0.29, 0.717) is 6.61 Å². The van der Waals surface area contributed by atoms with Gasteiger partial charge in [-0.05, 0) is 12.0 Å². The molecule has 2 rings (SSSR count). The van der Waals surface area contributed by atoms with Crippen LogP contribution in [0.1, 0.15) is 19.4 Å². The zero-order valence-corrected chi connectivity index (χ0v) is 8.43. The van der Waals surface area contributed by atoms with Gasteiger partial charge >= 0.3 is 6.09 Å². The van der Waals surface area contributed by atoms with Crippen molar-refractivity contribution in [2.24, 2.45) is 0 Å². The maximum absolute atomic E-state index is 11.5. The van der Waals surface area contributed by atoms with Gasteiger partial charge in [-0.2, -0.15) is 0 Å². The second-order valence-electron chi connectivity index (χ2n) is 3.41. The number of amides is 1. The molecule has 0 fully saturated rings. The van der Waals surface area contributed by atoms with Crippen molar-refractivity contribution >= 4 is 6.09 Å². The van der Waals surface area contributed by atoms with Crippen LogP contribution in [0.2, 0.25) is 0 Å². The summed E-state index contributed by atoms with van der Waals surface area (Å²) in [4.78, 5) is 13.1. The SMILES string of the molecule is C.O=C(OCc1ccccc1)N1C=CCC1. The Labute approximate surface area is 96.3 Å². The van der Waals surface area contributed by atoms with Crippen LogP contribution >= 0.6 is 0 Å². The van der Waals surface area contributed by atoms with Crippen LogP contribution in [-0.2, 0) is 11.3 Å². The first kappa shape index (κ1) is 12.3. The number of carbonyl (C=O) groups is 1. The van der Waals surface area contributed by atoms with Crippen LogP contribution in [0.5, 0.6) is 0 Å². The number of hydrogen-bond acceptors (Lipinski definition) is 2. The number of carbonyl (C=O) groups excluding carboxylic acids is 1. The zero-order chi connectivity index (χ0) is 10.5. The number of benzene rings is 1. The molecule has 0 atom stereocenters. The van der Waals surface area contributed by atoms with Crippen LogP contribution < -0.4 is 0 Å². The Balaban J connectivity index is 0.00000128. The number of hydrogen-bond donors (Lipinski definition) is 0. The molecule has 1 aromatic rings. The third kappa shape index (κ3) is 3.12. The Morgan fingerprint density at radius 1 is 1.31 bits per heavy atom. The van der Waals surface area contributed by atoms with Crippen molar-refractivity contribution in [2.75, 3.05) is 6.54 Å². The Hall–Kier alpha value is -1.77. The minimum Gasteiger partial charge on any atom is -0.444 e. The van der Waals surface area contributed by atoms with Crippen LogP contribution in [-0.4, -0.2) is 17.5 Å². The Morgan fingerprint density at radius 3 is 2.69 bits per heavy atom. The molecule has 0 saturated heterocycles. The van der Waals surface area contributed by atoms with Gasteiger partial charge in [0.15, 0.2) is 0 Å². The molecule has 1 aliphatic heterocycles. The average molecular weight is 219 g/mol. The van der Waals surface area contributed by atoms with Crippen molar-refractivity contribution in [2.45, 2.75) is 20.5 Å². The molecule has 1 heterocycles. The summed E-state index contributed by atoms with van der Waals surface area (Å²) in [5.74, 6) is 0. The van der Waals surface area contributed by atoms with Gasteiger partial charge in [0, 0.05) is 12.7 Å². The molecule has 0 bridgehead atoms. The third-order valence-electron chi connectivity index (χ3n) is 2.26. The topological polar surface area (TPSA) is 29.5 Å². The van der Waals surface area contributed by atoms with Crippen molar-refractivity contribution < 1.29 is 9.53 Å². The van der Waals surface area contributed by atoms with Crippen LogP contribution in [0.25, 0.3) is 0 Å². The molecule has 1 amide bonds. The summed E-state index contributed by atoms with van der Waals surface area (Å²) in [5, 5.41) is 0. The molecule has 3 nitrogen and oxygen atoms in total. The molecule has 0 unspecified atom stereocenters. The fraction of sp³-hybridized carbons (Fsp3) is 0.308. The molecular weight excluding hydrogens is 202 g/mol. The van der Waals surface area contributed by atoms with Crippen molar-refractivity contribution in [3.05, 3.63) is 48.2 Å². The Kier molecular flexibility index (Phi) is 4.58. The first-order valence-electron chi connectivity index (χ1n) is 5.00. The fourth-order valence-electron chi connectivity index (χ4n) is 1.44. The largest absolute Gasteiger partial charge is 0.444 e. The molecule has 3 heteroatoms. The molecule has 86 valence electrons. The van der Waals surface area contributed by atoms with Crippen molar-refractivity contribution in [3.8, 4) is 0 Å². The van der Waals surface area contributed by atoms with Crippen LogP contribution in [0.15, 0.2) is 42.6 Å². The quantitative estimate of drug-likeness (QED) is 0.764. The predicted octanol–water partition coefficient (Wildman–Crippen LogP) is 3.18. The van der Waals surface area contributed by atoms with E-state index in [4.69, 9.17) is 4.74 Å². The average Bonchev–Trinajstić information content (AvgIpc) is 2.81. The van der Waals surface area contributed by atoms with Gasteiger partial charge in [0.2, 0.25) is 0 Å². The van der Waals surface area contributed by atoms with Crippen molar-refractivity contribution in [3.63, 3.8) is 0 Å². The van der Waals surface area contributed by atoms with E-state index in [2.05, 4.69) is 0 Å². The molecule has 0 aromatic heterocycles. The van der Waals surface area contributed by atoms with E-state index in [1.54, 1.807) is 11.1 Å². The molecule has 0 radical (unpaired) electrons. The van der Waals surface area contributed by atoms with Gasteiger partial charge in [-0.25, -0.2) is 4.79 Å². The van der Waals surface area contributed by atoms with E-state index in [-0.39, 0.29) is 13.5 Å². The Morgan fingerprint density at radius 2 is 2.06 bits per heavy atom. The maximum atomic E-state index is 11.5. The highest BCUT2D eigenvalue weighted by atomic mass is 16.6. The summed E-state index contributed by atoms with van der Waals surface area (Å²) >= 11 is 0. The van der Waals surface area contributed by atoms with Gasteiger partial charge < -0.3 is 4.74 Å².